The first-order chi connectivity index (χ1) is 15.5. The zero-order valence-electron chi connectivity index (χ0n) is 17.9. The maximum atomic E-state index is 12.8. The number of nitrogens with zero attached hydrogens (tertiary/aromatic N) is 6. The molecule has 160 valence electrons. The molecule has 9 heteroatoms. The third kappa shape index (κ3) is 3.64. The van der Waals surface area contributed by atoms with E-state index in [1.54, 1.807) is 23.3 Å². The molecule has 5 rings (SSSR count). The molecule has 0 saturated carbocycles. The summed E-state index contributed by atoms with van der Waals surface area (Å²) in [5.41, 5.74) is 4.54. The number of aryl methyl sites for hydroxylation is 2. The van der Waals surface area contributed by atoms with Gasteiger partial charge in [-0.15, -0.1) is 0 Å². The zero-order chi connectivity index (χ0) is 22.2. The molecule has 2 N–H and O–H groups in total. The van der Waals surface area contributed by atoms with Crippen molar-refractivity contribution in [2.24, 2.45) is 14.1 Å². The number of nitrogens with one attached hydrogen (secondary N) is 2. The maximum absolute atomic E-state index is 12.8. The molecular formula is C23H22N8O. The van der Waals surface area contributed by atoms with Crippen molar-refractivity contribution < 1.29 is 4.79 Å². The minimum Gasteiger partial charge on any atom is -0.362 e. The van der Waals surface area contributed by atoms with Crippen LogP contribution in [0.3, 0.4) is 0 Å². The number of aromatic nitrogens is 6. The van der Waals surface area contributed by atoms with Gasteiger partial charge in [0.25, 0.3) is 5.91 Å². The van der Waals surface area contributed by atoms with E-state index in [0.29, 0.717) is 22.7 Å². The number of hydrogen-bond donors (Lipinski definition) is 2. The second-order valence-corrected chi connectivity index (χ2v) is 7.74. The first-order valence-corrected chi connectivity index (χ1v) is 10.2. The Balaban J connectivity index is 1.32. The SMILES string of the molecule is C[C@H](Nc1cnc2cnn(C)c2n1)c1cccc(NC(=O)c2cnc3c(ccn3C)c2)c1. The molecule has 0 saturated heterocycles. The highest BCUT2D eigenvalue weighted by molar-refractivity contribution is 6.05. The summed E-state index contributed by atoms with van der Waals surface area (Å²) >= 11 is 0. The lowest BCUT2D eigenvalue weighted by atomic mass is 10.1. The van der Waals surface area contributed by atoms with E-state index in [4.69, 9.17) is 0 Å². The minimum atomic E-state index is -0.200. The smallest absolute Gasteiger partial charge is 0.257 e. The van der Waals surface area contributed by atoms with Crippen LogP contribution in [0.2, 0.25) is 0 Å². The highest BCUT2D eigenvalue weighted by atomic mass is 16.1. The largest absolute Gasteiger partial charge is 0.362 e. The van der Waals surface area contributed by atoms with Crippen LogP contribution < -0.4 is 10.6 Å². The Labute approximate surface area is 184 Å². The Morgan fingerprint density at radius 3 is 2.78 bits per heavy atom. The first-order valence-electron chi connectivity index (χ1n) is 10.2. The topological polar surface area (TPSA) is 103 Å². The van der Waals surface area contributed by atoms with E-state index in [1.807, 2.05) is 68.2 Å². The number of carbonyl (C=O) groups excluding carboxylic acids is 1. The summed E-state index contributed by atoms with van der Waals surface area (Å²) in [6.07, 6.45) is 6.90. The van der Waals surface area contributed by atoms with Gasteiger partial charge in [0.1, 0.15) is 17.0 Å². The molecule has 32 heavy (non-hydrogen) atoms. The van der Waals surface area contributed by atoms with Gasteiger partial charge in [0.2, 0.25) is 0 Å². The average Bonchev–Trinajstić information content (AvgIpc) is 3.36. The fourth-order valence-corrected chi connectivity index (χ4v) is 3.66. The summed E-state index contributed by atoms with van der Waals surface area (Å²) in [6.45, 7) is 2.03. The number of anilines is 2. The third-order valence-corrected chi connectivity index (χ3v) is 5.42. The normalized spacial score (nSPS) is 12.2. The molecule has 9 nitrogen and oxygen atoms in total. The number of benzene rings is 1. The summed E-state index contributed by atoms with van der Waals surface area (Å²) < 4.78 is 3.61. The van der Waals surface area contributed by atoms with Gasteiger partial charge in [-0.3, -0.25) is 4.79 Å². The molecule has 4 aromatic heterocycles. The molecular weight excluding hydrogens is 404 g/mol. The molecule has 0 aliphatic heterocycles. The van der Waals surface area contributed by atoms with Gasteiger partial charge in [-0.2, -0.15) is 5.10 Å². The summed E-state index contributed by atoms with van der Waals surface area (Å²) in [5, 5.41) is 11.4. The van der Waals surface area contributed by atoms with Crippen LogP contribution in [0.25, 0.3) is 22.2 Å². The third-order valence-electron chi connectivity index (χ3n) is 5.42. The van der Waals surface area contributed by atoms with Gasteiger partial charge in [-0.05, 0) is 36.8 Å². The summed E-state index contributed by atoms with van der Waals surface area (Å²) in [5.74, 6) is 0.457. The lowest BCUT2D eigenvalue weighted by molar-refractivity contribution is 0.102. The lowest BCUT2D eigenvalue weighted by Crippen LogP contribution is -2.13. The van der Waals surface area contributed by atoms with Crippen LogP contribution in [0.5, 0.6) is 0 Å². The van der Waals surface area contributed by atoms with Gasteiger partial charge in [-0.25, -0.2) is 19.6 Å². The Kier molecular flexibility index (Phi) is 4.78. The Hall–Kier alpha value is -4.27. The molecule has 0 aliphatic rings. The van der Waals surface area contributed by atoms with E-state index >= 15 is 0 Å². The van der Waals surface area contributed by atoms with Gasteiger partial charge in [0.15, 0.2) is 5.65 Å². The molecule has 0 radical (unpaired) electrons. The van der Waals surface area contributed by atoms with Crippen molar-refractivity contribution in [1.29, 1.82) is 0 Å². The van der Waals surface area contributed by atoms with E-state index in [9.17, 15) is 4.79 Å². The van der Waals surface area contributed by atoms with E-state index in [1.165, 1.54) is 0 Å². The highest BCUT2D eigenvalue weighted by Crippen LogP contribution is 2.22. The van der Waals surface area contributed by atoms with E-state index in [0.717, 1.165) is 22.1 Å². The van der Waals surface area contributed by atoms with Gasteiger partial charge in [0, 0.05) is 37.6 Å². The van der Waals surface area contributed by atoms with Crippen LogP contribution in [0.1, 0.15) is 28.9 Å². The van der Waals surface area contributed by atoms with Gasteiger partial charge in [0.05, 0.1) is 24.0 Å². The van der Waals surface area contributed by atoms with Crippen molar-refractivity contribution in [1.82, 2.24) is 29.3 Å². The van der Waals surface area contributed by atoms with Gasteiger partial charge >= 0.3 is 0 Å². The van der Waals surface area contributed by atoms with Gasteiger partial charge < -0.3 is 15.2 Å². The van der Waals surface area contributed by atoms with Crippen molar-refractivity contribution in [3.63, 3.8) is 0 Å². The number of amides is 1. The zero-order valence-corrected chi connectivity index (χ0v) is 17.9. The second kappa shape index (κ2) is 7.77. The molecule has 0 spiro atoms. The quantitative estimate of drug-likeness (QED) is 0.444. The Morgan fingerprint density at radius 1 is 1.03 bits per heavy atom. The molecule has 1 amide bonds. The molecule has 1 atom stereocenters. The lowest BCUT2D eigenvalue weighted by Gasteiger charge is -2.16. The van der Waals surface area contributed by atoms with E-state index in [-0.39, 0.29) is 11.9 Å². The predicted molar refractivity (Wildman–Crippen MR) is 123 cm³/mol. The van der Waals surface area contributed by atoms with E-state index in [2.05, 4.69) is 30.7 Å². The van der Waals surface area contributed by atoms with Crippen LogP contribution >= 0.6 is 0 Å². The van der Waals surface area contributed by atoms with Crippen LogP contribution in [-0.4, -0.2) is 35.2 Å². The summed E-state index contributed by atoms with van der Waals surface area (Å²) in [7, 11) is 3.76. The van der Waals surface area contributed by atoms with E-state index < -0.39 is 0 Å². The summed E-state index contributed by atoms with van der Waals surface area (Å²) in [4.78, 5) is 26.1. The van der Waals surface area contributed by atoms with Crippen molar-refractivity contribution in [2.75, 3.05) is 10.6 Å². The minimum absolute atomic E-state index is 0.0471. The second-order valence-electron chi connectivity index (χ2n) is 7.74. The van der Waals surface area contributed by atoms with Crippen molar-refractivity contribution in [2.45, 2.75) is 13.0 Å². The number of rotatable bonds is 5. The molecule has 5 aromatic rings. The van der Waals surface area contributed by atoms with Crippen LogP contribution in [-0.2, 0) is 14.1 Å². The Bertz CT molecular complexity index is 1450. The fourth-order valence-electron chi connectivity index (χ4n) is 3.66. The van der Waals surface area contributed by atoms with Crippen molar-refractivity contribution >= 4 is 39.6 Å². The predicted octanol–water partition coefficient (Wildman–Crippen LogP) is 3.68. The van der Waals surface area contributed by atoms with Crippen LogP contribution in [0.15, 0.2) is 61.2 Å². The molecule has 0 aliphatic carbocycles. The first kappa shape index (κ1) is 19.7. The molecule has 0 fully saturated rings. The molecule has 0 unspecified atom stereocenters. The Morgan fingerprint density at radius 2 is 1.91 bits per heavy atom. The number of carbonyl (C=O) groups is 1. The van der Waals surface area contributed by atoms with Crippen LogP contribution in [0.4, 0.5) is 11.5 Å². The molecule has 0 bridgehead atoms. The molecule has 4 heterocycles. The number of fused-ring (bicyclic) bond motifs is 2. The van der Waals surface area contributed by atoms with Crippen LogP contribution in [0, 0.1) is 0 Å². The van der Waals surface area contributed by atoms with Crippen molar-refractivity contribution in [3.05, 3.63) is 72.3 Å². The van der Waals surface area contributed by atoms with Gasteiger partial charge in [-0.1, -0.05) is 12.1 Å². The monoisotopic (exact) mass is 426 g/mol. The molecule has 1 aromatic carbocycles. The average molecular weight is 426 g/mol. The number of hydrogen-bond acceptors (Lipinski definition) is 6. The standard InChI is InChI=1S/C23H22N8O/c1-14(27-20-13-24-19-12-26-31(3)22(19)29-20)15-5-4-6-18(10-15)28-23(32)17-9-16-7-8-30(2)21(16)25-11-17/h4-14H,1-3H3,(H,27,29)(H,28,32)/t14-/m0/s1. The highest BCUT2D eigenvalue weighted by Gasteiger charge is 2.12. The number of pyridine rings is 1. The maximum Gasteiger partial charge on any atom is 0.257 e. The fraction of sp³-hybridized carbons (Fsp3) is 0.174. The van der Waals surface area contributed by atoms with Crippen molar-refractivity contribution in [3.8, 4) is 0 Å². The summed E-state index contributed by atoms with van der Waals surface area (Å²) in [6, 6.07) is 11.5.